The van der Waals surface area contributed by atoms with Gasteiger partial charge in [-0.25, -0.2) is 15.0 Å². The number of aromatic nitrogens is 4. The fourth-order valence-corrected chi connectivity index (χ4v) is 3.11. The first-order chi connectivity index (χ1) is 14.4. The first kappa shape index (κ1) is 21.7. The van der Waals surface area contributed by atoms with Crippen LogP contribution in [-0.4, -0.2) is 37.6 Å². The Morgan fingerprint density at radius 2 is 2.00 bits per heavy atom. The summed E-state index contributed by atoms with van der Waals surface area (Å²) in [5.74, 6) is 0.565. The van der Waals surface area contributed by atoms with Crippen LogP contribution in [0.1, 0.15) is 52.1 Å². The predicted molar refractivity (Wildman–Crippen MR) is 117 cm³/mol. The molecule has 0 aliphatic carbocycles. The number of hydrogen-bond acceptors (Lipinski definition) is 7. The lowest BCUT2D eigenvalue weighted by atomic mass is 10.1. The van der Waals surface area contributed by atoms with Gasteiger partial charge in [-0.05, 0) is 51.8 Å². The van der Waals surface area contributed by atoms with Crippen molar-refractivity contribution in [3.63, 3.8) is 0 Å². The highest BCUT2D eigenvalue weighted by Crippen LogP contribution is 2.20. The lowest BCUT2D eigenvalue weighted by Crippen LogP contribution is -2.23. The summed E-state index contributed by atoms with van der Waals surface area (Å²) in [6.07, 6.45) is 8.47. The van der Waals surface area contributed by atoms with E-state index >= 15 is 0 Å². The first-order valence-corrected chi connectivity index (χ1v) is 10.3. The maximum atomic E-state index is 11.8. The molecule has 1 aromatic carbocycles. The zero-order valence-electron chi connectivity index (χ0n) is 17.9. The third-order valence-corrected chi connectivity index (χ3v) is 4.49. The van der Waals surface area contributed by atoms with Crippen LogP contribution in [0, 0.1) is 0 Å². The van der Waals surface area contributed by atoms with E-state index in [0.717, 1.165) is 48.2 Å². The number of esters is 1. The SMILES string of the molecule is CC(C)(C)OC(=O)CCCCCNc1nc2cc(-n3ccnc3)ccc2nc1CN. The summed E-state index contributed by atoms with van der Waals surface area (Å²) in [7, 11) is 0. The lowest BCUT2D eigenvalue weighted by Gasteiger charge is -2.19. The number of ether oxygens (including phenoxy) is 1. The molecule has 0 unspecified atom stereocenters. The van der Waals surface area contributed by atoms with E-state index in [1.807, 2.05) is 49.7 Å². The highest BCUT2D eigenvalue weighted by Gasteiger charge is 2.15. The van der Waals surface area contributed by atoms with Crippen molar-refractivity contribution in [3.8, 4) is 5.69 Å². The van der Waals surface area contributed by atoms with Gasteiger partial charge in [0.2, 0.25) is 0 Å². The molecule has 0 spiro atoms. The standard InChI is InChI=1S/C22H30N6O2/c1-22(2,3)30-20(29)7-5-4-6-10-25-21-19(14-23)26-17-9-8-16(13-18(17)27-21)28-12-11-24-15-28/h8-9,11-13,15H,4-7,10,14,23H2,1-3H3,(H,25,27). The maximum absolute atomic E-state index is 11.8. The second-order valence-corrected chi connectivity index (χ2v) is 8.19. The molecule has 3 aromatic rings. The van der Waals surface area contributed by atoms with Crippen molar-refractivity contribution in [2.45, 2.75) is 58.6 Å². The van der Waals surface area contributed by atoms with E-state index in [9.17, 15) is 4.79 Å². The second-order valence-electron chi connectivity index (χ2n) is 8.19. The third kappa shape index (κ3) is 6.00. The van der Waals surface area contributed by atoms with Crippen molar-refractivity contribution in [1.29, 1.82) is 0 Å². The number of nitrogens with zero attached hydrogens (tertiary/aromatic N) is 4. The Kier molecular flexibility index (Phi) is 6.99. The number of carbonyl (C=O) groups excluding carboxylic acids is 1. The molecule has 0 atom stereocenters. The van der Waals surface area contributed by atoms with Gasteiger partial charge in [0.25, 0.3) is 0 Å². The Labute approximate surface area is 176 Å². The Bertz CT molecular complexity index is 979. The van der Waals surface area contributed by atoms with Crippen LogP contribution >= 0.6 is 0 Å². The normalized spacial score (nSPS) is 11.6. The van der Waals surface area contributed by atoms with E-state index in [1.165, 1.54) is 0 Å². The molecule has 0 fully saturated rings. The van der Waals surface area contributed by atoms with Crippen molar-refractivity contribution in [1.82, 2.24) is 19.5 Å². The smallest absolute Gasteiger partial charge is 0.306 e. The van der Waals surface area contributed by atoms with Crippen molar-refractivity contribution >= 4 is 22.8 Å². The van der Waals surface area contributed by atoms with E-state index in [1.54, 1.807) is 12.5 Å². The van der Waals surface area contributed by atoms with Crippen LogP contribution in [0.2, 0.25) is 0 Å². The van der Waals surface area contributed by atoms with Crippen LogP contribution < -0.4 is 11.1 Å². The van der Waals surface area contributed by atoms with Gasteiger partial charge in [0.05, 0.1) is 23.1 Å². The van der Waals surface area contributed by atoms with Gasteiger partial charge in [0.1, 0.15) is 11.4 Å². The topological polar surface area (TPSA) is 108 Å². The van der Waals surface area contributed by atoms with Crippen molar-refractivity contribution in [2.24, 2.45) is 5.73 Å². The van der Waals surface area contributed by atoms with Gasteiger partial charge in [0.15, 0.2) is 0 Å². The number of anilines is 1. The fraction of sp³-hybridized carbons (Fsp3) is 0.455. The van der Waals surface area contributed by atoms with E-state index in [0.29, 0.717) is 18.8 Å². The fourth-order valence-electron chi connectivity index (χ4n) is 3.11. The number of fused-ring (bicyclic) bond motifs is 1. The van der Waals surface area contributed by atoms with Gasteiger partial charge in [-0.1, -0.05) is 6.42 Å². The van der Waals surface area contributed by atoms with Crippen LogP contribution in [0.4, 0.5) is 5.82 Å². The molecule has 30 heavy (non-hydrogen) atoms. The number of nitrogens with two attached hydrogens (primary N) is 1. The highest BCUT2D eigenvalue weighted by molar-refractivity contribution is 5.79. The maximum Gasteiger partial charge on any atom is 0.306 e. The summed E-state index contributed by atoms with van der Waals surface area (Å²) < 4.78 is 7.26. The van der Waals surface area contributed by atoms with Crippen LogP contribution in [-0.2, 0) is 16.1 Å². The summed E-state index contributed by atoms with van der Waals surface area (Å²) in [6.45, 7) is 6.70. The number of nitrogens with one attached hydrogen (secondary N) is 1. The summed E-state index contributed by atoms with van der Waals surface area (Å²) in [5, 5.41) is 3.35. The molecule has 3 N–H and O–H groups in total. The second kappa shape index (κ2) is 9.67. The van der Waals surface area contributed by atoms with Gasteiger partial charge in [-0.2, -0.15) is 0 Å². The van der Waals surface area contributed by atoms with Gasteiger partial charge in [-0.15, -0.1) is 0 Å². The van der Waals surface area contributed by atoms with E-state index in [-0.39, 0.29) is 5.97 Å². The molecule has 0 amide bonds. The molecule has 0 aliphatic rings. The predicted octanol–water partition coefficient (Wildman–Crippen LogP) is 3.59. The summed E-state index contributed by atoms with van der Waals surface area (Å²) >= 11 is 0. The minimum absolute atomic E-state index is 0.144. The molecular weight excluding hydrogens is 380 g/mol. The zero-order valence-corrected chi connectivity index (χ0v) is 17.9. The minimum Gasteiger partial charge on any atom is -0.460 e. The molecular formula is C22H30N6O2. The quantitative estimate of drug-likeness (QED) is 0.410. The van der Waals surface area contributed by atoms with Crippen molar-refractivity contribution in [3.05, 3.63) is 42.6 Å². The molecule has 0 radical (unpaired) electrons. The first-order valence-electron chi connectivity index (χ1n) is 10.3. The average Bonchev–Trinajstić information content (AvgIpc) is 3.23. The molecule has 0 bridgehead atoms. The molecule has 8 heteroatoms. The lowest BCUT2D eigenvalue weighted by molar-refractivity contribution is -0.154. The van der Waals surface area contributed by atoms with Crippen LogP contribution in [0.5, 0.6) is 0 Å². The molecule has 3 rings (SSSR count). The van der Waals surface area contributed by atoms with Gasteiger partial charge < -0.3 is 20.4 Å². The number of carbonyl (C=O) groups is 1. The molecule has 160 valence electrons. The number of imidazole rings is 1. The van der Waals surface area contributed by atoms with Gasteiger partial charge in [0, 0.05) is 37.6 Å². The molecule has 2 aromatic heterocycles. The Morgan fingerprint density at radius 1 is 1.17 bits per heavy atom. The van der Waals surface area contributed by atoms with E-state index < -0.39 is 5.60 Å². The third-order valence-electron chi connectivity index (χ3n) is 4.49. The number of benzene rings is 1. The van der Waals surface area contributed by atoms with Crippen LogP contribution in [0.3, 0.4) is 0 Å². The average molecular weight is 411 g/mol. The molecule has 8 nitrogen and oxygen atoms in total. The van der Waals surface area contributed by atoms with Gasteiger partial charge in [-0.3, -0.25) is 4.79 Å². The summed E-state index contributed by atoms with van der Waals surface area (Å²) in [4.78, 5) is 25.2. The van der Waals surface area contributed by atoms with Crippen LogP contribution in [0.25, 0.3) is 16.7 Å². The molecule has 0 saturated carbocycles. The van der Waals surface area contributed by atoms with Crippen molar-refractivity contribution in [2.75, 3.05) is 11.9 Å². The molecule has 0 aliphatic heterocycles. The number of rotatable bonds is 9. The minimum atomic E-state index is -0.427. The molecule has 0 saturated heterocycles. The van der Waals surface area contributed by atoms with Crippen LogP contribution in [0.15, 0.2) is 36.9 Å². The largest absolute Gasteiger partial charge is 0.460 e. The van der Waals surface area contributed by atoms with E-state index in [2.05, 4.69) is 15.3 Å². The summed E-state index contributed by atoms with van der Waals surface area (Å²) in [6, 6.07) is 5.91. The molecule has 2 heterocycles. The number of hydrogen-bond donors (Lipinski definition) is 2. The Morgan fingerprint density at radius 3 is 2.70 bits per heavy atom. The van der Waals surface area contributed by atoms with Gasteiger partial charge >= 0.3 is 5.97 Å². The monoisotopic (exact) mass is 410 g/mol. The van der Waals surface area contributed by atoms with Crippen molar-refractivity contribution < 1.29 is 9.53 Å². The number of unbranched alkanes of at least 4 members (excludes halogenated alkanes) is 2. The van der Waals surface area contributed by atoms with E-state index in [4.69, 9.17) is 15.5 Å². The Balaban J connectivity index is 1.56. The summed E-state index contributed by atoms with van der Waals surface area (Å²) in [5.41, 5.74) is 8.77. The Hall–Kier alpha value is -3.00. The zero-order chi connectivity index (χ0) is 21.6. The highest BCUT2D eigenvalue weighted by atomic mass is 16.6.